The minimum atomic E-state index is -4.40. The Morgan fingerprint density at radius 3 is 2.27 bits per heavy atom. The number of hydrogen-bond acceptors (Lipinski definition) is 9. The second-order valence-electron chi connectivity index (χ2n) is 9.94. The highest BCUT2D eigenvalue weighted by Gasteiger charge is 2.29. The van der Waals surface area contributed by atoms with E-state index in [-0.39, 0.29) is 30.1 Å². The second-order valence-corrected chi connectivity index (χ2v) is 9.94. The molecule has 13 nitrogen and oxygen atoms in total. The van der Waals surface area contributed by atoms with Crippen LogP contribution in [0.4, 0.5) is 18.9 Å². The molecule has 2 aromatic heterocycles. The number of aryl methyl sites for hydroxylation is 1. The number of carboxylic acid groups (broad SMARTS) is 2. The number of aromatic nitrogens is 4. The van der Waals surface area contributed by atoms with Crippen molar-refractivity contribution in [3.05, 3.63) is 93.3 Å². The van der Waals surface area contributed by atoms with Gasteiger partial charge in [-0.3, -0.25) is 28.8 Å². The third kappa shape index (κ3) is 11.2. The smallest absolute Gasteiger partial charge is 0.422 e. The lowest BCUT2D eigenvalue weighted by molar-refractivity contribution is -0.153. The van der Waals surface area contributed by atoms with Crippen molar-refractivity contribution in [2.45, 2.75) is 32.6 Å². The zero-order valence-corrected chi connectivity index (χ0v) is 24.4. The van der Waals surface area contributed by atoms with E-state index in [1.807, 2.05) is 4.90 Å². The van der Waals surface area contributed by atoms with Crippen LogP contribution in [0, 0.1) is 6.92 Å². The van der Waals surface area contributed by atoms with Crippen molar-refractivity contribution in [3.8, 4) is 5.75 Å². The van der Waals surface area contributed by atoms with Crippen molar-refractivity contribution in [1.29, 1.82) is 0 Å². The number of anilines is 1. The summed E-state index contributed by atoms with van der Waals surface area (Å²) in [5.41, 5.74) is 1.05. The fraction of sp³-hybridized carbons (Fsp3) is 0.379. The minimum absolute atomic E-state index is 0.213. The Labute approximate surface area is 255 Å². The van der Waals surface area contributed by atoms with Crippen LogP contribution in [0.25, 0.3) is 0 Å². The Balaban J connectivity index is 0.000000610. The fourth-order valence-corrected chi connectivity index (χ4v) is 4.50. The number of piperazine rings is 1. The van der Waals surface area contributed by atoms with Crippen molar-refractivity contribution in [3.63, 3.8) is 0 Å². The van der Waals surface area contributed by atoms with Gasteiger partial charge in [-0.2, -0.15) is 13.2 Å². The average Bonchev–Trinajstić information content (AvgIpc) is 3.00. The van der Waals surface area contributed by atoms with Crippen LogP contribution in [0.5, 0.6) is 5.75 Å². The van der Waals surface area contributed by atoms with Gasteiger partial charge in [0.15, 0.2) is 6.61 Å². The van der Waals surface area contributed by atoms with Crippen molar-refractivity contribution < 1.29 is 37.7 Å². The highest BCUT2D eigenvalue weighted by Crippen LogP contribution is 2.30. The summed E-state index contributed by atoms with van der Waals surface area (Å²) in [6.45, 7) is 4.20. The second kappa shape index (κ2) is 16.2. The number of halogens is 3. The predicted octanol–water partition coefficient (Wildman–Crippen LogP) is 2.02. The van der Waals surface area contributed by atoms with Crippen molar-refractivity contribution in [2.75, 3.05) is 44.2 Å². The van der Waals surface area contributed by atoms with Crippen LogP contribution in [0.2, 0.25) is 0 Å². The third-order valence-electron chi connectivity index (χ3n) is 6.55. The first-order valence-corrected chi connectivity index (χ1v) is 13.8. The van der Waals surface area contributed by atoms with E-state index in [9.17, 15) is 32.3 Å². The molecule has 0 aliphatic carbocycles. The topological polar surface area (TPSA) is 160 Å². The molecule has 4 rings (SSSR count). The number of nitrogens with zero attached hydrogens (tertiary/aromatic N) is 6. The van der Waals surface area contributed by atoms with E-state index in [1.54, 1.807) is 56.0 Å². The average molecular weight is 635 g/mol. The van der Waals surface area contributed by atoms with E-state index < -0.39 is 24.7 Å². The number of hydrogen-bond donors (Lipinski definition) is 2. The van der Waals surface area contributed by atoms with E-state index >= 15 is 0 Å². The van der Waals surface area contributed by atoms with Gasteiger partial charge in [0, 0.05) is 69.0 Å². The third-order valence-corrected chi connectivity index (χ3v) is 6.55. The van der Waals surface area contributed by atoms with Crippen LogP contribution in [-0.2, 0) is 22.7 Å². The van der Waals surface area contributed by atoms with Gasteiger partial charge in [-0.05, 0) is 32.0 Å². The van der Waals surface area contributed by atoms with E-state index in [0.717, 1.165) is 0 Å². The number of benzene rings is 1. The van der Waals surface area contributed by atoms with Gasteiger partial charge >= 0.3 is 23.8 Å². The van der Waals surface area contributed by atoms with Crippen LogP contribution >= 0.6 is 0 Å². The Kier molecular flexibility index (Phi) is 12.4. The van der Waals surface area contributed by atoms with Gasteiger partial charge in [-0.25, -0.2) is 14.4 Å². The van der Waals surface area contributed by atoms with E-state index in [4.69, 9.17) is 14.9 Å². The van der Waals surface area contributed by atoms with E-state index in [2.05, 4.69) is 14.9 Å². The summed E-state index contributed by atoms with van der Waals surface area (Å²) in [6.07, 6.45) is 3.56. The van der Waals surface area contributed by atoms with Gasteiger partial charge in [0.2, 0.25) is 0 Å². The Hall–Kier alpha value is -4.99. The molecule has 0 unspecified atom stereocenters. The maximum Gasteiger partial charge on any atom is 0.422 e. The maximum absolute atomic E-state index is 13.0. The predicted molar refractivity (Wildman–Crippen MR) is 157 cm³/mol. The SMILES string of the molecule is Cc1cn(Cc2cnccn2)c(=O)n(CCCN2CCN(c3ccccc3OCC(F)(F)F)CC2)c1=O.O=C(O)C=CC(=O)O. The molecule has 16 heteroatoms. The summed E-state index contributed by atoms with van der Waals surface area (Å²) in [5.74, 6) is -2.30. The molecule has 0 saturated carbocycles. The lowest BCUT2D eigenvalue weighted by Crippen LogP contribution is -2.47. The molecule has 3 heterocycles. The Bertz CT molecular complexity index is 1570. The maximum atomic E-state index is 13.0. The number of rotatable bonds is 11. The molecule has 0 atom stereocenters. The molecule has 0 radical (unpaired) electrons. The Morgan fingerprint density at radius 2 is 1.67 bits per heavy atom. The van der Waals surface area contributed by atoms with Crippen LogP contribution < -0.4 is 20.9 Å². The quantitative estimate of drug-likeness (QED) is 0.297. The molecule has 0 amide bonds. The molecule has 3 aromatic rings. The lowest BCUT2D eigenvalue weighted by atomic mass is 10.2. The van der Waals surface area contributed by atoms with Gasteiger partial charge in [-0.1, -0.05) is 12.1 Å². The summed E-state index contributed by atoms with van der Waals surface area (Å²) >= 11 is 0. The van der Waals surface area contributed by atoms with Gasteiger partial charge in [0.25, 0.3) is 5.56 Å². The fourth-order valence-electron chi connectivity index (χ4n) is 4.50. The summed E-state index contributed by atoms with van der Waals surface area (Å²) in [4.78, 5) is 57.1. The molecule has 1 fully saturated rings. The zero-order chi connectivity index (χ0) is 33.0. The first-order valence-electron chi connectivity index (χ1n) is 13.8. The van der Waals surface area contributed by atoms with Crippen LogP contribution in [0.3, 0.4) is 0 Å². The van der Waals surface area contributed by atoms with E-state index in [0.29, 0.717) is 68.2 Å². The van der Waals surface area contributed by atoms with Gasteiger partial charge < -0.3 is 19.8 Å². The monoisotopic (exact) mass is 634 g/mol. The number of ether oxygens (including phenoxy) is 1. The molecule has 1 aromatic carbocycles. The molecule has 1 aliphatic heterocycles. The van der Waals surface area contributed by atoms with Crippen LogP contribution in [-0.4, -0.2) is 91.7 Å². The number of aliphatic carboxylic acids is 2. The van der Waals surface area contributed by atoms with Gasteiger partial charge in [0.05, 0.1) is 24.1 Å². The molecule has 0 spiro atoms. The highest BCUT2D eigenvalue weighted by molar-refractivity contribution is 5.89. The lowest BCUT2D eigenvalue weighted by Gasteiger charge is -2.36. The molecule has 1 saturated heterocycles. The molecule has 45 heavy (non-hydrogen) atoms. The number of para-hydroxylation sites is 2. The molecule has 1 aliphatic rings. The van der Waals surface area contributed by atoms with Crippen LogP contribution in [0.1, 0.15) is 17.7 Å². The van der Waals surface area contributed by atoms with Gasteiger partial charge in [-0.15, -0.1) is 0 Å². The standard InChI is InChI=1S/C25H29F3N6O3.C4H4O4/c1-19-16-33(17-20-15-29-7-8-30-20)24(36)34(23(19)35)10-4-9-31-11-13-32(14-12-31)21-5-2-3-6-22(21)37-18-25(26,27)28;5-3(6)1-2-4(7)8/h2-3,5-8,15-16H,4,9-14,17-18H2,1H3;1-2H,(H,5,6)(H,7,8). The van der Waals surface area contributed by atoms with Crippen molar-refractivity contribution in [1.82, 2.24) is 24.0 Å². The molecule has 2 N–H and O–H groups in total. The number of carboxylic acids is 2. The highest BCUT2D eigenvalue weighted by atomic mass is 19.4. The van der Waals surface area contributed by atoms with Gasteiger partial charge in [0.1, 0.15) is 5.75 Å². The number of carbonyl (C=O) groups is 2. The molecule has 0 bridgehead atoms. The molecular weight excluding hydrogens is 601 g/mol. The van der Waals surface area contributed by atoms with Crippen molar-refractivity contribution >= 4 is 17.6 Å². The molecular formula is C29H33F3N6O7. The first-order chi connectivity index (χ1) is 21.3. The number of alkyl halides is 3. The van der Waals surface area contributed by atoms with Crippen molar-refractivity contribution in [2.24, 2.45) is 0 Å². The van der Waals surface area contributed by atoms with E-state index in [1.165, 1.54) is 9.13 Å². The minimum Gasteiger partial charge on any atom is -0.482 e. The zero-order valence-electron chi connectivity index (χ0n) is 24.4. The summed E-state index contributed by atoms with van der Waals surface area (Å²) < 4.78 is 45.6. The Morgan fingerprint density at radius 1 is 1.00 bits per heavy atom. The first kappa shape index (κ1) is 34.5. The largest absolute Gasteiger partial charge is 0.482 e. The summed E-state index contributed by atoms with van der Waals surface area (Å²) in [6, 6.07) is 6.74. The summed E-state index contributed by atoms with van der Waals surface area (Å²) in [5, 5.41) is 15.6. The van der Waals surface area contributed by atoms with Crippen LogP contribution in [0.15, 0.2) is 70.8 Å². The molecule has 242 valence electrons. The normalized spacial score (nSPS) is 13.7. The summed E-state index contributed by atoms with van der Waals surface area (Å²) in [7, 11) is 0.